The van der Waals surface area contributed by atoms with Gasteiger partial charge in [0.2, 0.25) is 0 Å². The molecule has 0 radical (unpaired) electrons. The van der Waals surface area contributed by atoms with Crippen molar-refractivity contribution in [3.05, 3.63) is 34.1 Å². The number of aryl methyl sites for hydroxylation is 1. The van der Waals surface area contributed by atoms with Crippen LogP contribution in [0.1, 0.15) is 11.1 Å². The van der Waals surface area contributed by atoms with Crippen LogP contribution >= 0.6 is 11.6 Å². The van der Waals surface area contributed by atoms with E-state index < -0.39 is 5.54 Å². The lowest BCUT2D eigenvalue weighted by molar-refractivity contribution is 0.277. The predicted molar refractivity (Wildman–Crippen MR) is 54.9 cm³/mol. The molecule has 14 heavy (non-hydrogen) atoms. The molecule has 1 aliphatic rings. The topological polar surface area (TPSA) is 38.0 Å². The van der Waals surface area contributed by atoms with Gasteiger partial charge in [0.25, 0.3) is 0 Å². The van der Waals surface area contributed by atoms with Crippen LogP contribution in [-0.4, -0.2) is 13.1 Å². The van der Waals surface area contributed by atoms with Gasteiger partial charge in [-0.2, -0.15) is 0 Å². The highest BCUT2D eigenvalue weighted by Gasteiger charge is 2.36. The summed E-state index contributed by atoms with van der Waals surface area (Å²) >= 11 is 5.93. The fourth-order valence-electron chi connectivity index (χ4n) is 1.61. The molecule has 76 valence electrons. The molecule has 1 aromatic rings. The van der Waals surface area contributed by atoms with Crippen LogP contribution < -0.4 is 11.1 Å². The molecule has 1 heterocycles. The van der Waals surface area contributed by atoms with Crippen molar-refractivity contribution in [2.24, 2.45) is 5.73 Å². The van der Waals surface area contributed by atoms with E-state index in [1.165, 1.54) is 6.07 Å². The molecule has 1 saturated heterocycles. The molecular formula is C10H12ClFN2. The largest absolute Gasteiger partial charge is 0.319 e. The van der Waals surface area contributed by atoms with Crippen LogP contribution in [0.5, 0.6) is 0 Å². The molecule has 0 atom stereocenters. The van der Waals surface area contributed by atoms with Crippen molar-refractivity contribution in [3.8, 4) is 0 Å². The standard InChI is InChI=1S/C10H12ClFN2/c1-6-2-9(12)7(3-8(6)11)10(13)4-14-5-10/h2-3,14H,4-5,13H2,1H3. The lowest BCUT2D eigenvalue weighted by atomic mass is 9.84. The Labute approximate surface area is 87.2 Å². The first-order chi connectivity index (χ1) is 6.53. The van der Waals surface area contributed by atoms with Gasteiger partial charge in [0.1, 0.15) is 5.82 Å². The van der Waals surface area contributed by atoms with Crippen molar-refractivity contribution in [2.45, 2.75) is 12.5 Å². The van der Waals surface area contributed by atoms with Crippen LogP contribution in [0.25, 0.3) is 0 Å². The van der Waals surface area contributed by atoms with Gasteiger partial charge in [0, 0.05) is 23.7 Å². The van der Waals surface area contributed by atoms with Crippen molar-refractivity contribution in [2.75, 3.05) is 13.1 Å². The number of nitrogens with one attached hydrogen (secondary N) is 1. The summed E-state index contributed by atoms with van der Waals surface area (Å²) in [6, 6.07) is 3.07. The molecule has 1 aliphatic heterocycles. The van der Waals surface area contributed by atoms with Gasteiger partial charge >= 0.3 is 0 Å². The van der Waals surface area contributed by atoms with Gasteiger partial charge in [-0.05, 0) is 24.6 Å². The number of rotatable bonds is 1. The van der Waals surface area contributed by atoms with Gasteiger partial charge in [0.15, 0.2) is 0 Å². The minimum absolute atomic E-state index is 0.268. The van der Waals surface area contributed by atoms with E-state index in [-0.39, 0.29) is 5.82 Å². The second-order valence-electron chi connectivity index (χ2n) is 3.84. The van der Waals surface area contributed by atoms with Crippen LogP contribution in [0.2, 0.25) is 5.02 Å². The average molecular weight is 215 g/mol. The van der Waals surface area contributed by atoms with E-state index in [0.717, 1.165) is 5.56 Å². The Morgan fingerprint density at radius 3 is 2.64 bits per heavy atom. The molecule has 4 heteroatoms. The molecular weight excluding hydrogens is 203 g/mol. The molecule has 3 N–H and O–H groups in total. The van der Waals surface area contributed by atoms with Crippen molar-refractivity contribution in [3.63, 3.8) is 0 Å². The van der Waals surface area contributed by atoms with Gasteiger partial charge in [-0.25, -0.2) is 4.39 Å². The monoisotopic (exact) mass is 214 g/mol. The van der Waals surface area contributed by atoms with Gasteiger partial charge in [-0.3, -0.25) is 0 Å². The van der Waals surface area contributed by atoms with Crippen LogP contribution in [0.4, 0.5) is 4.39 Å². The Hall–Kier alpha value is -0.640. The summed E-state index contributed by atoms with van der Waals surface area (Å²) in [5, 5.41) is 3.59. The van der Waals surface area contributed by atoms with Crippen LogP contribution in [0.3, 0.4) is 0 Å². The van der Waals surface area contributed by atoms with Crippen molar-refractivity contribution in [1.29, 1.82) is 0 Å². The molecule has 0 bridgehead atoms. The van der Waals surface area contributed by atoms with E-state index in [1.54, 1.807) is 13.0 Å². The Morgan fingerprint density at radius 2 is 2.14 bits per heavy atom. The zero-order valence-corrected chi connectivity index (χ0v) is 8.66. The summed E-state index contributed by atoms with van der Waals surface area (Å²) in [4.78, 5) is 0. The summed E-state index contributed by atoms with van der Waals surface area (Å²) in [5.74, 6) is -0.268. The quantitative estimate of drug-likeness (QED) is 0.745. The number of benzene rings is 1. The second kappa shape index (κ2) is 3.19. The Kier molecular flexibility index (Phi) is 2.26. The van der Waals surface area contributed by atoms with Crippen molar-refractivity contribution >= 4 is 11.6 Å². The molecule has 2 nitrogen and oxygen atoms in total. The zero-order valence-electron chi connectivity index (χ0n) is 7.90. The van der Waals surface area contributed by atoms with E-state index in [2.05, 4.69) is 5.32 Å². The third kappa shape index (κ3) is 1.41. The van der Waals surface area contributed by atoms with E-state index >= 15 is 0 Å². The highest BCUT2D eigenvalue weighted by Crippen LogP contribution is 2.29. The molecule has 0 spiro atoms. The minimum Gasteiger partial charge on any atom is -0.319 e. The van der Waals surface area contributed by atoms with Gasteiger partial charge in [-0.1, -0.05) is 11.6 Å². The van der Waals surface area contributed by atoms with Gasteiger partial charge in [-0.15, -0.1) is 0 Å². The number of hydrogen-bond acceptors (Lipinski definition) is 2. The summed E-state index contributed by atoms with van der Waals surface area (Å²) in [5.41, 5.74) is 6.65. The first kappa shape index (κ1) is 9.90. The summed E-state index contributed by atoms with van der Waals surface area (Å²) in [6.07, 6.45) is 0. The number of hydrogen-bond donors (Lipinski definition) is 2. The van der Waals surface area contributed by atoms with Crippen LogP contribution in [-0.2, 0) is 5.54 Å². The molecule has 1 fully saturated rings. The third-order valence-electron chi connectivity index (χ3n) is 2.67. The number of halogens is 2. The molecule has 0 saturated carbocycles. The molecule has 2 rings (SSSR count). The fourth-order valence-corrected chi connectivity index (χ4v) is 1.78. The second-order valence-corrected chi connectivity index (χ2v) is 4.25. The van der Waals surface area contributed by atoms with Gasteiger partial charge in [0.05, 0.1) is 5.54 Å². The van der Waals surface area contributed by atoms with Crippen LogP contribution in [0.15, 0.2) is 12.1 Å². The highest BCUT2D eigenvalue weighted by molar-refractivity contribution is 6.31. The summed E-state index contributed by atoms with van der Waals surface area (Å²) in [6.45, 7) is 2.98. The maximum Gasteiger partial charge on any atom is 0.128 e. The lowest BCUT2D eigenvalue weighted by Gasteiger charge is -2.39. The third-order valence-corrected chi connectivity index (χ3v) is 3.07. The minimum atomic E-state index is -0.582. The molecule has 1 aromatic carbocycles. The van der Waals surface area contributed by atoms with Gasteiger partial charge < -0.3 is 11.1 Å². The SMILES string of the molecule is Cc1cc(F)c(C2(N)CNC2)cc1Cl. The van der Waals surface area contributed by atoms with E-state index in [9.17, 15) is 4.39 Å². The van der Waals surface area contributed by atoms with E-state index in [4.69, 9.17) is 17.3 Å². The normalized spacial score (nSPS) is 19.1. The fraction of sp³-hybridized carbons (Fsp3) is 0.400. The highest BCUT2D eigenvalue weighted by atomic mass is 35.5. The van der Waals surface area contributed by atoms with E-state index in [1.807, 2.05) is 0 Å². The van der Waals surface area contributed by atoms with Crippen molar-refractivity contribution in [1.82, 2.24) is 5.32 Å². The maximum absolute atomic E-state index is 13.6. The van der Waals surface area contributed by atoms with Crippen molar-refractivity contribution < 1.29 is 4.39 Å². The Balaban J connectivity index is 2.48. The average Bonchev–Trinajstić information content (AvgIpc) is 2.07. The lowest BCUT2D eigenvalue weighted by Crippen LogP contribution is -2.63. The molecule has 0 amide bonds. The van der Waals surface area contributed by atoms with E-state index in [0.29, 0.717) is 23.7 Å². The smallest absolute Gasteiger partial charge is 0.128 e. The summed E-state index contributed by atoms with van der Waals surface area (Å²) in [7, 11) is 0. The molecule has 0 aromatic heterocycles. The predicted octanol–water partition coefficient (Wildman–Crippen LogP) is 1.54. The first-order valence-electron chi connectivity index (χ1n) is 4.49. The molecule has 0 unspecified atom stereocenters. The van der Waals surface area contributed by atoms with Crippen LogP contribution in [0, 0.1) is 12.7 Å². The Morgan fingerprint density at radius 1 is 1.50 bits per heavy atom. The molecule has 0 aliphatic carbocycles. The summed E-state index contributed by atoms with van der Waals surface area (Å²) < 4.78 is 13.6. The maximum atomic E-state index is 13.6. The zero-order chi connectivity index (χ0) is 10.3. The number of nitrogens with two attached hydrogens (primary N) is 1. The Bertz CT molecular complexity index is 375. The first-order valence-corrected chi connectivity index (χ1v) is 4.86.